The molecule has 1 aromatic carbocycles. The standard InChI is InChI=1S/C13H12F3N3O4/c1-7-5-9(3-4-10(7)19(22)23)11(20)18-12(21,13(14,15)16)6-8(2)17-18/h3-5,21H,6H2,1-2H3/t12-/m1/s1. The normalized spacial score (nSPS) is 21.3. The fourth-order valence-corrected chi connectivity index (χ4v) is 2.27. The number of carbonyl (C=O) groups excluding carboxylic acids is 1. The van der Waals surface area contributed by atoms with Gasteiger partial charge in [0.2, 0.25) is 0 Å². The third kappa shape index (κ3) is 2.77. The van der Waals surface area contributed by atoms with Crippen LogP contribution in [0.25, 0.3) is 0 Å². The molecule has 10 heteroatoms. The lowest BCUT2D eigenvalue weighted by atomic mass is 10.0. The number of nitrogens with zero attached hydrogens (tertiary/aromatic N) is 3. The highest BCUT2D eigenvalue weighted by molar-refractivity contribution is 5.98. The van der Waals surface area contributed by atoms with E-state index in [1.807, 2.05) is 0 Å². The summed E-state index contributed by atoms with van der Waals surface area (Å²) in [5.41, 5.74) is -3.89. The number of hydrazone groups is 1. The molecule has 7 nitrogen and oxygen atoms in total. The lowest BCUT2D eigenvalue weighted by Gasteiger charge is -2.32. The molecule has 0 fully saturated rings. The third-order valence-corrected chi connectivity index (χ3v) is 3.41. The molecule has 1 aliphatic rings. The van der Waals surface area contributed by atoms with Gasteiger partial charge in [-0.1, -0.05) is 0 Å². The third-order valence-electron chi connectivity index (χ3n) is 3.41. The number of rotatable bonds is 2. The van der Waals surface area contributed by atoms with Gasteiger partial charge in [0, 0.05) is 29.3 Å². The second-order valence-corrected chi connectivity index (χ2v) is 5.20. The van der Waals surface area contributed by atoms with E-state index in [0.29, 0.717) is 0 Å². The summed E-state index contributed by atoms with van der Waals surface area (Å²) >= 11 is 0. The molecule has 124 valence electrons. The summed E-state index contributed by atoms with van der Waals surface area (Å²) in [7, 11) is 0. The van der Waals surface area contributed by atoms with Gasteiger partial charge >= 0.3 is 6.18 Å². The fourth-order valence-electron chi connectivity index (χ4n) is 2.27. The topological polar surface area (TPSA) is 96.0 Å². The minimum absolute atomic E-state index is 0.0249. The van der Waals surface area contributed by atoms with Crippen molar-refractivity contribution in [2.75, 3.05) is 0 Å². The molecule has 0 unspecified atom stereocenters. The minimum atomic E-state index is -5.10. The molecule has 0 bridgehead atoms. The minimum Gasteiger partial charge on any atom is -0.362 e. The maximum Gasteiger partial charge on any atom is 0.438 e. The SMILES string of the molecule is CC1=NN(C(=O)c2ccc([N+](=O)[O-])c(C)c2)[C@](O)(C(F)(F)F)C1. The summed E-state index contributed by atoms with van der Waals surface area (Å²) in [6.45, 7) is 2.61. The Bertz CT molecular complexity index is 717. The molecular weight excluding hydrogens is 319 g/mol. The Morgan fingerprint density at radius 1 is 1.43 bits per heavy atom. The number of carbonyl (C=O) groups is 1. The first-order valence-electron chi connectivity index (χ1n) is 6.40. The van der Waals surface area contributed by atoms with Gasteiger partial charge in [-0.05, 0) is 26.0 Å². The van der Waals surface area contributed by atoms with Crippen LogP contribution in [0, 0.1) is 17.0 Å². The maximum absolute atomic E-state index is 13.1. The monoisotopic (exact) mass is 331 g/mol. The molecule has 1 aromatic rings. The fraction of sp³-hybridized carbons (Fsp3) is 0.385. The highest BCUT2D eigenvalue weighted by Crippen LogP contribution is 2.41. The second kappa shape index (κ2) is 5.30. The van der Waals surface area contributed by atoms with E-state index in [1.165, 1.54) is 13.8 Å². The molecule has 1 heterocycles. The Kier molecular flexibility index (Phi) is 3.89. The molecule has 0 spiro atoms. The number of aryl methyl sites for hydroxylation is 1. The van der Waals surface area contributed by atoms with E-state index in [4.69, 9.17) is 0 Å². The first kappa shape index (κ1) is 16.9. The average molecular weight is 331 g/mol. The Hall–Kier alpha value is -2.49. The van der Waals surface area contributed by atoms with Crippen LogP contribution in [0.2, 0.25) is 0 Å². The summed E-state index contributed by atoms with van der Waals surface area (Å²) in [6.07, 6.45) is -5.95. The predicted octanol–water partition coefficient (Wildman–Crippen LogP) is 2.38. The summed E-state index contributed by atoms with van der Waals surface area (Å²) < 4.78 is 39.3. The van der Waals surface area contributed by atoms with E-state index >= 15 is 0 Å². The van der Waals surface area contributed by atoms with Crippen LogP contribution in [-0.2, 0) is 0 Å². The first-order chi connectivity index (χ1) is 10.5. The quantitative estimate of drug-likeness (QED) is 0.665. The zero-order valence-electron chi connectivity index (χ0n) is 12.1. The van der Waals surface area contributed by atoms with Crippen molar-refractivity contribution in [2.45, 2.75) is 32.2 Å². The summed E-state index contributed by atoms with van der Waals surface area (Å²) in [5, 5.41) is 24.0. The van der Waals surface area contributed by atoms with Crippen molar-refractivity contribution in [2.24, 2.45) is 5.10 Å². The molecule has 0 radical (unpaired) electrons. The van der Waals surface area contributed by atoms with Crippen molar-refractivity contribution in [1.29, 1.82) is 0 Å². The van der Waals surface area contributed by atoms with Crippen molar-refractivity contribution in [3.05, 3.63) is 39.4 Å². The Labute approximate surface area is 128 Å². The molecule has 0 aromatic heterocycles. The van der Waals surface area contributed by atoms with Crippen molar-refractivity contribution >= 4 is 17.3 Å². The Morgan fingerprint density at radius 2 is 2.04 bits per heavy atom. The van der Waals surface area contributed by atoms with Crippen LogP contribution in [0.4, 0.5) is 18.9 Å². The van der Waals surface area contributed by atoms with Crippen molar-refractivity contribution in [3.8, 4) is 0 Å². The van der Waals surface area contributed by atoms with E-state index in [2.05, 4.69) is 5.10 Å². The number of nitro groups is 1. The molecule has 0 saturated heterocycles. The van der Waals surface area contributed by atoms with Gasteiger partial charge in [-0.2, -0.15) is 23.3 Å². The largest absolute Gasteiger partial charge is 0.438 e. The van der Waals surface area contributed by atoms with Gasteiger partial charge in [0.05, 0.1) is 4.92 Å². The number of amides is 1. The van der Waals surface area contributed by atoms with Crippen LogP contribution >= 0.6 is 0 Å². The zero-order valence-corrected chi connectivity index (χ0v) is 12.1. The van der Waals surface area contributed by atoms with Crippen LogP contribution < -0.4 is 0 Å². The average Bonchev–Trinajstić information content (AvgIpc) is 2.73. The molecule has 1 atom stereocenters. The summed E-state index contributed by atoms with van der Waals surface area (Å²) in [4.78, 5) is 22.3. The van der Waals surface area contributed by atoms with Gasteiger partial charge in [0.15, 0.2) is 0 Å². The molecule has 2 rings (SSSR count). The zero-order chi connectivity index (χ0) is 17.6. The number of hydrogen-bond acceptors (Lipinski definition) is 5. The van der Waals surface area contributed by atoms with E-state index < -0.39 is 29.2 Å². The number of aliphatic hydroxyl groups is 1. The number of nitro benzene ring substituents is 1. The van der Waals surface area contributed by atoms with Gasteiger partial charge in [-0.25, -0.2) is 0 Å². The molecule has 1 amide bonds. The summed E-state index contributed by atoms with van der Waals surface area (Å²) in [6, 6.07) is 3.12. The first-order valence-corrected chi connectivity index (χ1v) is 6.40. The molecule has 0 saturated carbocycles. The van der Waals surface area contributed by atoms with Crippen molar-refractivity contribution in [1.82, 2.24) is 5.01 Å². The highest BCUT2D eigenvalue weighted by Gasteiger charge is 2.62. The van der Waals surface area contributed by atoms with Crippen LogP contribution in [-0.4, -0.2) is 38.6 Å². The predicted molar refractivity (Wildman–Crippen MR) is 72.7 cm³/mol. The van der Waals surface area contributed by atoms with Crippen LogP contribution in [0.1, 0.15) is 29.3 Å². The smallest absolute Gasteiger partial charge is 0.362 e. The van der Waals surface area contributed by atoms with Gasteiger partial charge in [0.1, 0.15) is 0 Å². The van der Waals surface area contributed by atoms with E-state index in [-0.39, 0.29) is 27.5 Å². The van der Waals surface area contributed by atoms with E-state index in [1.54, 1.807) is 0 Å². The van der Waals surface area contributed by atoms with Crippen LogP contribution in [0.3, 0.4) is 0 Å². The lowest BCUT2D eigenvalue weighted by molar-refractivity contribution is -0.385. The number of halogens is 3. The molecule has 1 aliphatic heterocycles. The van der Waals surface area contributed by atoms with Crippen LogP contribution in [0.15, 0.2) is 23.3 Å². The van der Waals surface area contributed by atoms with Gasteiger partial charge in [0.25, 0.3) is 17.3 Å². The Balaban J connectivity index is 2.43. The number of hydrogen-bond donors (Lipinski definition) is 1. The second-order valence-electron chi connectivity index (χ2n) is 5.20. The van der Waals surface area contributed by atoms with Gasteiger partial charge in [-0.3, -0.25) is 14.9 Å². The molecule has 1 N–H and O–H groups in total. The van der Waals surface area contributed by atoms with Crippen molar-refractivity contribution in [3.63, 3.8) is 0 Å². The molecular formula is C13H12F3N3O4. The molecule has 0 aliphatic carbocycles. The van der Waals surface area contributed by atoms with Crippen molar-refractivity contribution < 1.29 is 28.0 Å². The van der Waals surface area contributed by atoms with Crippen LogP contribution in [0.5, 0.6) is 0 Å². The van der Waals surface area contributed by atoms with E-state index in [9.17, 15) is 33.2 Å². The molecule has 23 heavy (non-hydrogen) atoms. The number of alkyl halides is 3. The Morgan fingerprint density at radius 3 is 2.52 bits per heavy atom. The van der Waals surface area contributed by atoms with Gasteiger partial charge < -0.3 is 5.11 Å². The highest BCUT2D eigenvalue weighted by atomic mass is 19.4. The number of benzene rings is 1. The maximum atomic E-state index is 13.1. The van der Waals surface area contributed by atoms with Gasteiger partial charge in [-0.15, -0.1) is 0 Å². The summed E-state index contributed by atoms with van der Waals surface area (Å²) in [5.74, 6) is -1.19. The lowest BCUT2D eigenvalue weighted by Crippen LogP contribution is -2.56. The van der Waals surface area contributed by atoms with E-state index in [0.717, 1.165) is 18.2 Å².